The summed E-state index contributed by atoms with van der Waals surface area (Å²) in [4.78, 5) is 7.12. The van der Waals surface area contributed by atoms with Crippen LogP contribution in [-0.4, -0.2) is 24.6 Å². The van der Waals surface area contributed by atoms with Gasteiger partial charge in [0, 0.05) is 18.5 Å². The maximum atomic E-state index is 5.79. The van der Waals surface area contributed by atoms with E-state index >= 15 is 0 Å². The van der Waals surface area contributed by atoms with E-state index < -0.39 is 0 Å². The van der Waals surface area contributed by atoms with E-state index in [9.17, 15) is 0 Å². The Morgan fingerprint density at radius 2 is 2.11 bits per heavy atom. The second-order valence-electron chi connectivity index (χ2n) is 5.05. The van der Waals surface area contributed by atoms with Gasteiger partial charge in [0.25, 0.3) is 0 Å². The Hall–Kier alpha value is -1.61. The molecule has 0 bridgehead atoms. The molecule has 1 unspecified atom stereocenters. The van der Waals surface area contributed by atoms with E-state index in [1.807, 2.05) is 6.07 Å². The van der Waals surface area contributed by atoms with Crippen LogP contribution in [0.25, 0.3) is 10.9 Å². The summed E-state index contributed by atoms with van der Waals surface area (Å²) in [5, 5.41) is 1.20. The highest BCUT2D eigenvalue weighted by molar-refractivity contribution is 5.80. The molecule has 1 aromatic carbocycles. The number of anilines is 1. The van der Waals surface area contributed by atoms with Crippen molar-refractivity contribution in [2.45, 2.75) is 12.8 Å². The van der Waals surface area contributed by atoms with Crippen molar-refractivity contribution < 1.29 is 0 Å². The van der Waals surface area contributed by atoms with Crippen LogP contribution in [-0.2, 0) is 0 Å². The molecule has 0 radical (unpaired) electrons. The summed E-state index contributed by atoms with van der Waals surface area (Å²) in [5.74, 6) is 1.71. The molecule has 2 heterocycles. The molecule has 94 valence electrons. The van der Waals surface area contributed by atoms with Crippen molar-refractivity contribution in [3.63, 3.8) is 0 Å². The van der Waals surface area contributed by atoms with Gasteiger partial charge in [0.2, 0.25) is 0 Å². The van der Waals surface area contributed by atoms with Crippen molar-refractivity contribution in [1.82, 2.24) is 4.98 Å². The lowest BCUT2D eigenvalue weighted by molar-refractivity contribution is 0.422. The third-order valence-electron chi connectivity index (χ3n) is 3.76. The molecular weight excluding hydrogens is 222 g/mol. The summed E-state index contributed by atoms with van der Waals surface area (Å²) >= 11 is 0. The highest BCUT2D eigenvalue weighted by atomic mass is 15.2. The van der Waals surface area contributed by atoms with Crippen molar-refractivity contribution in [1.29, 1.82) is 0 Å². The van der Waals surface area contributed by atoms with Crippen molar-refractivity contribution in [3.05, 3.63) is 36.4 Å². The van der Waals surface area contributed by atoms with Crippen LogP contribution in [0.4, 0.5) is 5.82 Å². The van der Waals surface area contributed by atoms with Crippen LogP contribution in [0, 0.1) is 5.92 Å². The molecule has 0 amide bonds. The van der Waals surface area contributed by atoms with E-state index in [4.69, 9.17) is 10.7 Å². The van der Waals surface area contributed by atoms with Gasteiger partial charge < -0.3 is 10.6 Å². The Morgan fingerprint density at radius 3 is 3.00 bits per heavy atom. The van der Waals surface area contributed by atoms with Crippen LogP contribution >= 0.6 is 0 Å². The smallest absolute Gasteiger partial charge is 0.129 e. The fourth-order valence-electron chi connectivity index (χ4n) is 2.70. The summed E-state index contributed by atoms with van der Waals surface area (Å²) < 4.78 is 0. The van der Waals surface area contributed by atoms with Crippen molar-refractivity contribution in [2.75, 3.05) is 24.5 Å². The number of piperidine rings is 1. The summed E-state index contributed by atoms with van der Waals surface area (Å²) in [6, 6.07) is 12.5. The molecule has 1 aliphatic rings. The van der Waals surface area contributed by atoms with E-state index in [2.05, 4.69) is 35.2 Å². The molecule has 18 heavy (non-hydrogen) atoms. The minimum absolute atomic E-state index is 0.618. The third kappa shape index (κ3) is 2.18. The quantitative estimate of drug-likeness (QED) is 0.878. The van der Waals surface area contributed by atoms with E-state index in [0.717, 1.165) is 31.0 Å². The standard InChI is InChI=1S/C15H19N3/c16-10-12-4-3-9-18(11-12)15-8-7-13-5-1-2-6-14(13)17-15/h1-2,5-8,12H,3-4,9-11,16H2. The molecule has 0 aliphatic carbocycles. The Labute approximate surface area is 108 Å². The zero-order valence-electron chi connectivity index (χ0n) is 10.5. The van der Waals surface area contributed by atoms with E-state index in [0.29, 0.717) is 5.92 Å². The van der Waals surface area contributed by atoms with E-state index in [1.165, 1.54) is 18.2 Å². The predicted octanol–water partition coefficient (Wildman–Crippen LogP) is 2.41. The van der Waals surface area contributed by atoms with Gasteiger partial charge >= 0.3 is 0 Å². The lowest BCUT2D eigenvalue weighted by atomic mass is 9.98. The molecule has 1 atom stereocenters. The average Bonchev–Trinajstić information content (AvgIpc) is 2.47. The third-order valence-corrected chi connectivity index (χ3v) is 3.76. The van der Waals surface area contributed by atoms with Gasteiger partial charge in [-0.2, -0.15) is 0 Å². The Balaban J connectivity index is 1.89. The van der Waals surface area contributed by atoms with Gasteiger partial charge in [-0.25, -0.2) is 4.98 Å². The van der Waals surface area contributed by atoms with Gasteiger partial charge in [-0.05, 0) is 43.5 Å². The van der Waals surface area contributed by atoms with Crippen molar-refractivity contribution >= 4 is 16.7 Å². The first-order chi connectivity index (χ1) is 8.86. The molecule has 1 fully saturated rings. The summed E-state index contributed by atoms with van der Waals surface area (Å²) in [6.07, 6.45) is 2.47. The SMILES string of the molecule is NCC1CCCN(c2ccc3ccccc3n2)C1. The Kier molecular flexibility index (Phi) is 3.15. The predicted molar refractivity (Wildman–Crippen MR) is 75.7 cm³/mol. The topological polar surface area (TPSA) is 42.1 Å². The lowest BCUT2D eigenvalue weighted by Crippen LogP contribution is -2.38. The van der Waals surface area contributed by atoms with Crippen molar-refractivity contribution in [2.24, 2.45) is 11.7 Å². The molecule has 1 saturated heterocycles. The minimum atomic E-state index is 0.618. The Bertz CT molecular complexity index is 538. The summed E-state index contributed by atoms with van der Waals surface area (Å²) in [5.41, 5.74) is 6.86. The number of hydrogen-bond acceptors (Lipinski definition) is 3. The maximum Gasteiger partial charge on any atom is 0.129 e. The van der Waals surface area contributed by atoms with Crippen LogP contribution in [0.15, 0.2) is 36.4 Å². The number of rotatable bonds is 2. The molecule has 3 heteroatoms. The molecule has 0 saturated carbocycles. The van der Waals surface area contributed by atoms with Gasteiger partial charge in [0.05, 0.1) is 5.52 Å². The number of nitrogens with two attached hydrogens (primary N) is 1. The monoisotopic (exact) mass is 241 g/mol. The van der Waals surface area contributed by atoms with Gasteiger partial charge in [-0.3, -0.25) is 0 Å². The molecular formula is C15H19N3. The van der Waals surface area contributed by atoms with Crippen LogP contribution in [0.1, 0.15) is 12.8 Å². The number of pyridine rings is 1. The molecule has 2 N–H and O–H groups in total. The van der Waals surface area contributed by atoms with Crippen molar-refractivity contribution in [3.8, 4) is 0 Å². The normalized spacial score (nSPS) is 20.3. The number of nitrogens with zero attached hydrogens (tertiary/aromatic N) is 2. The van der Waals surface area contributed by atoms with E-state index in [1.54, 1.807) is 0 Å². The van der Waals surface area contributed by atoms with Crippen LogP contribution in [0.5, 0.6) is 0 Å². The fourth-order valence-corrected chi connectivity index (χ4v) is 2.70. The minimum Gasteiger partial charge on any atom is -0.356 e. The van der Waals surface area contributed by atoms with E-state index in [-0.39, 0.29) is 0 Å². The molecule has 0 spiro atoms. The zero-order valence-corrected chi connectivity index (χ0v) is 10.5. The molecule has 2 aromatic rings. The van der Waals surface area contributed by atoms with Gasteiger partial charge in [0.15, 0.2) is 0 Å². The summed E-state index contributed by atoms with van der Waals surface area (Å²) in [7, 11) is 0. The van der Waals surface area contributed by atoms with Gasteiger partial charge in [-0.1, -0.05) is 18.2 Å². The molecule has 3 nitrogen and oxygen atoms in total. The maximum absolute atomic E-state index is 5.79. The number of para-hydroxylation sites is 1. The van der Waals surface area contributed by atoms with Crippen LogP contribution < -0.4 is 10.6 Å². The first-order valence-corrected chi connectivity index (χ1v) is 6.67. The Morgan fingerprint density at radius 1 is 1.22 bits per heavy atom. The number of aromatic nitrogens is 1. The van der Waals surface area contributed by atoms with Crippen LogP contribution in [0.2, 0.25) is 0 Å². The first-order valence-electron chi connectivity index (χ1n) is 6.67. The zero-order chi connectivity index (χ0) is 12.4. The van der Waals surface area contributed by atoms with Crippen LogP contribution in [0.3, 0.4) is 0 Å². The number of hydrogen-bond donors (Lipinski definition) is 1. The first kappa shape index (κ1) is 11.5. The highest BCUT2D eigenvalue weighted by Gasteiger charge is 2.19. The highest BCUT2D eigenvalue weighted by Crippen LogP contribution is 2.23. The second-order valence-corrected chi connectivity index (χ2v) is 5.05. The van der Waals surface area contributed by atoms with Gasteiger partial charge in [-0.15, -0.1) is 0 Å². The molecule has 3 rings (SSSR count). The second kappa shape index (κ2) is 4.94. The lowest BCUT2D eigenvalue weighted by Gasteiger charge is -2.33. The average molecular weight is 241 g/mol. The summed E-state index contributed by atoms with van der Waals surface area (Å²) in [6.45, 7) is 2.92. The fraction of sp³-hybridized carbons (Fsp3) is 0.400. The molecule has 1 aromatic heterocycles. The van der Waals surface area contributed by atoms with Gasteiger partial charge in [0.1, 0.15) is 5.82 Å². The number of benzene rings is 1. The largest absolute Gasteiger partial charge is 0.356 e. The molecule has 1 aliphatic heterocycles. The number of fused-ring (bicyclic) bond motifs is 1.